The summed E-state index contributed by atoms with van der Waals surface area (Å²) >= 11 is 0. The second-order valence-corrected chi connectivity index (χ2v) is 5.82. The number of halogens is 1. The van der Waals surface area contributed by atoms with E-state index in [1.54, 1.807) is 6.07 Å². The Hall–Kier alpha value is -1.09. The molecule has 104 valence electrons. The van der Waals surface area contributed by atoms with E-state index in [0.29, 0.717) is 18.6 Å². The lowest BCUT2D eigenvalue weighted by molar-refractivity contribution is 0.584. The van der Waals surface area contributed by atoms with Gasteiger partial charge in [0.1, 0.15) is 5.82 Å². The van der Waals surface area contributed by atoms with Gasteiger partial charge in [-0.1, -0.05) is 13.0 Å². The van der Waals surface area contributed by atoms with Crippen molar-refractivity contribution in [1.29, 1.82) is 0 Å². The van der Waals surface area contributed by atoms with Crippen LogP contribution in [-0.4, -0.2) is 18.6 Å². The van der Waals surface area contributed by atoms with Crippen molar-refractivity contribution in [1.82, 2.24) is 5.32 Å². The minimum atomic E-state index is -0.0626. The smallest absolute Gasteiger partial charge is 0.129 e. The highest BCUT2D eigenvalue weighted by atomic mass is 19.1. The van der Waals surface area contributed by atoms with Crippen LogP contribution in [0.2, 0.25) is 0 Å². The Labute approximate surface area is 115 Å². The van der Waals surface area contributed by atoms with Crippen LogP contribution in [0.5, 0.6) is 0 Å². The lowest BCUT2D eigenvalue weighted by Crippen LogP contribution is -2.29. The van der Waals surface area contributed by atoms with Gasteiger partial charge in [-0.3, -0.25) is 0 Å². The molecule has 0 spiro atoms. The van der Waals surface area contributed by atoms with Gasteiger partial charge < -0.3 is 10.2 Å². The number of nitrogens with zero attached hydrogens (tertiary/aromatic N) is 1. The van der Waals surface area contributed by atoms with Crippen LogP contribution in [-0.2, 0) is 6.54 Å². The predicted octanol–water partition coefficient (Wildman–Crippen LogP) is 3.46. The highest BCUT2D eigenvalue weighted by Gasteiger charge is 2.30. The first-order chi connectivity index (χ1) is 9.29. The Morgan fingerprint density at radius 3 is 2.68 bits per heavy atom. The van der Waals surface area contributed by atoms with Crippen LogP contribution >= 0.6 is 0 Å². The van der Waals surface area contributed by atoms with Crippen molar-refractivity contribution >= 4 is 5.69 Å². The molecule has 1 aromatic carbocycles. The van der Waals surface area contributed by atoms with E-state index in [1.165, 1.54) is 25.7 Å². The fourth-order valence-electron chi connectivity index (χ4n) is 2.65. The molecule has 0 bridgehead atoms. The first-order valence-electron chi connectivity index (χ1n) is 7.57. The predicted molar refractivity (Wildman–Crippen MR) is 76.9 cm³/mol. The molecule has 2 aliphatic rings. The van der Waals surface area contributed by atoms with Gasteiger partial charge in [-0.2, -0.15) is 0 Å². The molecule has 0 heterocycles. The van der Waals surface area contributed by atoms with Crippen LogP contribution in [0.25, 0.3) is 0 Å². The van der Waals surface area contributed by atoms with Crippen molar-refractivity contribution in [3.05, 3.63) is 29.6 Å². The van der Waals surface area contributed by atoms with Crippen molar-refractivity contribution in [2.75, 3.05) is 11.4 Å². The average molecular weight is 262 g/mol. The molecule has 3 heteroatoms. The Bertz CT molecular complexity index is 438. The maximum atomic E-state index is 14.1. The topological polar surface area (TPSA) is 15.3 Å². The summed E-state index contributed by atoms with van der Waals surface area (Å²) < 4.78 is 14.1. The van der Waals surface area contributed by atoms with E-state index in [0.717, 1.165) is 24.2 Å². The number of nitrogens with one attached hydrogen (secondary N) is 1. The molecule has 0 radical (unpaired) electrons. The van der Waals surface area contributed by atoms with Gasteiger partial charge in [0, 0.05) is 36.4 Å². The summed E-state index contributed by atoms with van der Waals surface area (Å²) in [7, 11) is 0. The maximum absolute atomic E-state index is 14.1. The zero-order chi connectivity index (χ0) is 13.2. The van der Waals surface area contributed by atoms with Crippen molar-refractivity contribution in [3.8, 4) is 0 Å². The fraction of sp³-hybridized carbons (Fsp3) is 0.625. The molecule has 1 N–H and O–H groups in total. The van der Waals surface area contributed by atoms with Crippen LogP contribution in [0.15, 0.2) is 18.2 Å². The van der Waals surface area contributed by atoms with E-state index >= 15 is 0 Å². The minimum Gasteiger partial charge on any atom is -0.368 e. The van der Waals surface area contributed by atoms with Crippen molar-refractivity contribution in [2.24, 2.45) is 0 Å². The third-order valence-electron chi connectivity index (χ3n) is 4.00. The molecule has 2 fully saturated rings. The quantitative estimate of drug-likeness (QED) is 0.809. The SMILES string of the molecule is CCCN(c1cccc(F)c1CNC1CC1)C1CC1. The number of rotatable bonds is 7. The van der Waals surface area contributed by atoms with Crippen molar-refractivity contribution < 1.29 is 4.39 Å². The third-order valence-corrected chi connectivity index (χ3v) is 4.00. The standard InChI is InChI=1S/C16H23FN2/c1-2-10-19(13-8-9-13)16-5-3-4-15(17)14(16)11-18-12-6-7-12/h3-5,12-13,18H,2,6-11H2,1H3. The third kappa shape index (κ3) is 3.08. The van der Waals surface area contributed by atoms with Crippen LogP contribution in [0.4, 0.5) is 10.1 Å². The van der Waals surface area contributed by atoms with Gasteiger partial charge in [0.2, 0.25) is 0 Å². The normalized spacial score (nSPS) is 18.6. The largest absolute Gasteiger partial charge is 0.368 e. The molecule has 1 aromatic rings. The van der Waals surface area contributed by atoms with Gasteiger partial charge in [0.15, 0.2) is 0 Å². The number of anilines is 1. The van der Waals surface area contributed by atoms with Gasteiger partial charge >= 0.3 is 0 Å². The molecule has 0 unspecified atom stereocenters. The van der Waals surface area contributed by atoms with Crippen LogP contribution in [0.1, 0.15) is 44.6 Å². The summed E-state index contributed by atoms with van der Waals surface area (Å²) in [5.74, 6) is -0.0626. The molecular formula is C16H23FN2. The van der Waals surface area contributed by atoms with E-state index in [2.05, 4.69) is 23.2 Å². The van der Waals surface area contributed by atoms with Gasteiger partial charge in [0.05, 0.1) is 0 Å². The van der Waals surface area contributed by atoms with E-state index in [9.17, 15) is 4.39 Å². The summed E-state index contributed by atoms with van der Waals surface area (Å²) in [4.78, 5) is 2.41. The Balaban J connectivity index is 1.82. The summed E-state index contributed by atoms with van der Waals surface area (Å²) in [6, 6.07) is 6.77. The summed E-state index contributed by atoms with van der Waals surface area (Å²) in [5, 5.41) is 3.44. The Kier molecular flexibility index (Phi) is 3.74. The molecule has 2 nitrogen and oxygen atoms in total. The number of hydrogen-bond donors (Lipinski definition) is 1. The highest BCUT2D eigenvalue weighted by Crippen LogP contribution is 2.35. The Morgan fingerprint density at radius 2 is 2.05 bits per heavy atom. The zero-order valence-electron chi connectivity index (χ0n) is 11.7. The molecular weight excluding hydrogens is 239 g/mol. The molecule has 0 aliphatic heterocycles. The van der Waals surface area contributed by atoms with Gasteiger partial charge in [-0.25, -0.2) is 4.39 Å². The van der Waals surface area contributed by atoms with Gasteiger partial charge in [-0.15, -0.1) is 0 Å². The molecule has 0 aromatic heterocycles. The maximum Gasteiger partial charge on any atom is 0.129 e. The van der Waals surface area contributed by atoms with Crippen LogP contribution < -0.4 is 10.2 Å². The number of benzene rings is 1. The van der Waals surface area contributed by atoms with E-state index in [1.807, 2.05) is 6.07 Å². The summed E-state index contributed by atoms with van der Waals surface area (Å²) in [6.07, 6.45) is 6.11. The van der Waals surface area contributed by atoms with E-state index < -0.39 is 0 Å². The van der Waals surface area contributed by atoms with Crippen molar-refractivity contribution in [3.63, 3.8) is 0 Å². The molecule has 0 atom stereocenters. The molecule has 2 aliphatic carbocycles. The average Bonchev–Trinajstić information content (AvgIpc) is 3.28. The zero-order valence-corrected chi connectivity index (χ0v) is 11.7. The van der Waals surface area contributed by atoms with Gasteiger partial charge in [-0.05, 0) is 44.2 Å². The Morgan fingerprint density at radius 1 is 1.26 bits per heavy atom. The minimum absolute atomic E-state index is 0.0626. The van der Waals surface area contributed by atoms with Crippen LogP contribution in [0.3, 0.4) is 0 Å². The molecule has 2 saturated carbocycles. The monoisotopic (exact) mass is 262 g/mol. The first-order valence-corrected chi connectivity index (χ1v) is 7.57. The first kappa shape index (κ1) is 12.9. The van der Waals surface area contributed by atoms with E-state index in [-0.39, 0.29) is 5.82 Å². The number of hydrogen-bond acceptors (Lipinski definition) is 2. The van der Waals surface area contributed by atoms with Crippen molar-refractivity contribution in [2.45, 2.75) is 57.7 Å². The molecule has 3 rings (SSSR count). The molecule has 0 saturated heterocycles. The van der Waals surface area contributed by atoms with E-state index in [4.69, 9.17) is 0 Å². The summed E-state index contributed by atoms with van der Waals surface area (Å²) in [5.41, 5.74) is 1.97. The summed E-state index contributed by atoms with van der Waals surface area (Å²) in [6.45, 7) is 3.89. The lowest BCUT2D eigenvalue weighted by atomic mass is 10.1. The van der Waals surface area contributed by atoms with Crippen LogP contribution in [0, 0.1) is 5.82 Å². The molecule has 0 amide bonds. The highest BCUT2D eigenvalue weighted by molar-refractivity contribution is 5.56. The molecule has 19 heavy (non-hydrogen) atoms. The fourth-order valence-corrected chi connectivity index (χ4v) is 2.65. The second-order valence-electron chi connectivity index (χ2n) is 5.82. The second kappa shape index (κ2) is 5.49. The van der Waals surface area contributed by atoms with Gasteiger partial charge in [0.25, 0.3) is 0 Å². The lowest BCUT2D eigenvalue weighted by Gasteiger charge is -2.27.